The van der Waals surface area contributed by atoms with Crippen molar-refractivity contribution in [1.82, 2.24) is 10.2 Å². The molecule has 118 valence electrons. The molecule has 21 heavy (non-hydrogen) atoms. The van der Waals surface area contributed by atoms with E-state index in [0.717, 1.165) is 51.6 Å². The summed E-state index contributed by atoms with van der Waals surface area (Å²) in [5, 5.41) is 3.40. The van der Waals surface area contributed by atoms with Gasteiger partial charge in [0.1, 0.15) is 0 Å². The summed E-state index contributed by atoms with van der Waals surface area (Å²) in [6.07, 6.45) is 1.10. The predicted octanol–water partition coefficient (Wildman–Crippen LogP) is 2.80. The number of hydrogen-bond acceptors (Lipinski definition) is 2. The van der Waals surface area contributed by atoms with Gasteiger partial charge in [0.15, 0.2) is 5.96 Å². The van der Waals surface area contributed by atoms with Gasteiger partial charge >= 0.3 is 0 Å². The van der Waals surface area contributed by atoms with Crippen molar-refractivity contribution in [2.24, 2.45) is 4.99 Å². The van der Waals surface area contributed by atoms with E-state index >= 15 is 0 Å². The molecule has 4 nitrogen and oxygen atoms in total. The maximum atomic E-state index is 4.67. The fraction of sp³-hybridized carbons (Fsp3) is 0.562. The molecule has 1 aliphatic heterocycles. The summed E-state index contributed by atoms with van der Waals surface area (Å²) in [5.41, 5.74) is 1.32. The largest absolute Gasteiger partial charge is 0.368 e. The Morgan fingerprint density at radius 1 is 1.10 bits per heavy atom. The third-order valence-electron chi connectivity index (χ3n) is 3.52. The van der Waals surface area contributed by atoms with E-state index in [1.54, 1.807) is 0 Å². The summed E-state index contributed by atoms with van der Waals surface area (Å²) >= 11 is 0. The van der Waals surface area contributed by atoms with Gasteiger partial charge < -0.3 is 15.1 Å². The van der Waals surface area contributed by atoms with Crippen molar-refractivity contribution in [2.75, 3.05) is 44.2 Å². The molecule has 0 atom stereocenters. The first-order valence-corrected chi connectivity index (χ1v) is 7.68. The number of guanidine groups is 1. The lowest BCUT2D eigenvalue weighted by Gasteiger charge is -2.37. The monoisotopic (exact) mass is 402 g/mol. The van der Waals surface area contributed by atoms with Gasteiger partial charge in [0.25, 0.3) is 0 Å². The minimum Gasteiger partial charge on any atom is -0.368 e. The number of halogens is 1. The van der Waals surface area contributed by atoms with Crippen molar-refractivity contribution < 1.29 is 0 Å². The highest BCUT2D eigenvalue weighted by Crippen LogP contribution is 2.15. The van der Waals surface area contributed by atoms with E-state index in [4.69, 9.17) is 0 Å². The summed E-state index contributed by atoms with van der Waals surface area (Å²) in [7, 11) is 0. The molecular weight excluding hydrogens is 375 g/mol. The number of aliphatic imine (C=N–C) groups is 1. The average Bonchev–Trinajstić information content (AvgIpc) is 2.52. The van der Waals surface area contributed by atoms with Crippen LogP contribution in [0.5, 0.6) is 0 Å². The van der Waals surface area contributed by atoms with Gasteiger partial charge in [-0.25, -0.2) is 0 Å². The zero-order valence-corrected chi connectivity index (χ0v) is 15.4. The van der Waals surface area contributed by atoms with Crippen LogP contribution in [0, 0.1) is 0 Å². The first kappa shape index (κ1) is 18.1. The molecule has 2 rings (SSSR count). The van der Waals surface area contributed by atoms with Crippen molar-refractivity contribution in [3.8, 4) is 0 Å². The van der Waals surface area contributed by atoms with Crippen molar-refractivity contribution in [3.63, 3.8) is 0 Å². The lowest BCUT2D eigenvalue weighted by atomic mass is 10.2. The minimum absolute atomic E-state index is 0. The Balaban J connectivity index is 0.00000220. The quantitative estimate of drug-likeness (QED) is 0.478. The first-order chi connectivity index (χ1) is 9.85. The molecule has 0 saturated carbocycles. The molecule has 1 saturated heterocycles. The number of benzene rings is 1. The topological polar surface area (TPSA) is 30.9 Å². The molecule has 0 spiro atoms. The van der Waals surface area contributed by atoms with Crippen LogP contribution >= 0.6 is 24.0 Å². The molecule has 0 unspecified atom stereocenters. The van der Waals surface area contributed by atoms with Crippen LogP contribution in [0.4, 0.5) is 5.69 Å². The van der Waals surface area contributed by atoms with E-state index in [2.05, 4.69) is 64.3 Å². The molecule has 5 heteroatoms. The van der Waals surface area contributed by atoms with Gasteiger partial charge in [0.05, 0.1) is 0 Å². The van der Waals surface area contributed by atoms with Gasteiger partial charge in [-0.3, -0.25) is 4.99 Å². The maximum absolute atomic E-state index is 4.67. The number of hydrogen-bond donors (Lipinski definition) is 1. The molecule has 0 radical (unpaired) electrons. The zero-order chi connectivity index (χ0) is 14.2. The fourth-order valence-corrected chi connectivity index (χ4v) is 2.46. The number of nitrogens with one attached hydrogen (secondary N) is 1. The number of nitrogens with zero attached hydrogens (tertiary/aromatic N) is 3. The van der Waals surface area contributed by atoms with E-state index in [1.807, 2.05) is 0 Å². The number of para-hydroxylation sites is 1. The van der Waals surface area contributed by atoms with Crippen molar-refractivity contribution in [3.05, 3.63) is 30.3 Å². The molecule has 1 heterocycles. The Labute approximate surface area is 145 Å². The highest BCUT2D eigenvalue weighted by molar-refractivity contribution is 14.0. The molecule has 1 aliphatic rings. The smallest absolute Gasteiger partial charge is 0.194 e. The Bertz CT molecular complexity index is 414. The van der Waals surface area contributed by atoms with Crippen molar-refractivity contribution in [2.45, 2.75) is 20.3 Å². The fourth-order valence-electron chi connectivity index (χ4n) is 2.46. The van der Waals surface area contributed by atoms with Gasteiger partial charge in [0.2, 0.25) is 0 Å². The molecule has 0 amide bonds. The minimum atomic E-state index is 0. The Morgan fingerprint density at radius 2 is 1.76 bits per heavy atom. The highest BCUT2D eigenvalue weighted by atomic mass is 127. The van der Waals surface area contributed by atoms with Crippen LogP contribution in [0.25, 0.3) is 0 Å². The van der Waals surface area contributed by atoms with Crippen LogP contribution in [-0.4, -0.2) is 50.1 Å². The summed E-state index contributed by atoms with van der Waals surface area (Å²) in [5.74, 6) is 1.07. The highest BCUT2D eigenvalue weighted by Gasteiger charge is 2.19. The second kappa shape index (κ2) is 9.87. The van der Waals surface area contributed by atoms with Gasteiger partial charge in [0, 0.05) is 45.0 Å². The SMILES string of the molecule is CCCN=C(NCC)N1CCN(c2ccccc2)CC1.I. The van der Waals surface area contributed by atoms with E-state index in [9.17, 15) is 0 Å². The molecule has 1 aromatic carbocycles. The van der Waals surface area contributed by atoms with Gasteiger partial charge in [-0.1, -0.05) is 25.1 Å². The van der Waals surface area contributed by atoms with Gasteiger partial charge in [-0.2, -0.15) is 0 Å². The average molecular weight is 402 g/mol. The lowest BCUT2D eigenvalue weighted by molar-refractivity contribution is 0.372. The molecule has 1 aromatic rings. The maximum Gasteiger partial charge on any atom is 0.194 e. The Hall–Kier alpha value is -0.980. The second-order valence-electron chi connectivity index (χ2n) is 5.05. The van der Waals surface area contributed by atoms with Crippen LogP contribution in [0.3, 0.4) is 0 Å². The standard InChI is InChI=1S/C16H26N4.HI/c1-3-10-18-16(17-4-2)20-13-11-19(12-14-20)15-8-6-5-7-9-15;/h5-9H,3-4,10-14H2,1-2H3,(H,17,18);1H. The van der Waals surface area contributed by atoms with Crippen molar-refractivity contribution in [1.29, 1.82) is 0 Å². The van der Waals surface area contributed by atoms with Crippen LogP contribution in [0.1, 0.15) is 20.3 Å². The predicted molar refractivity (Wildman–Crippen MR) is 102 cm³/mol. The molecule has 0 aromatic heterocycles. The first-order valence-electron chi connectivity index (χ1n) is 7.68. The Kier molecular flexibility index (Phi) is 8.49. The third kappa shape index (κ3) is 5.37. The normalized spacial score (nSPS) is 15.6. The lowest BCUT2D eigenvalue weighted by Crippen LogP contribution is -2.52. The molecule has 0 bridgehead atoms. The van der Waals surface area contributed by atoms with Gasteiger partial charge in [-0.15, -0.1) is 24.0 Å². The van der Waals surface area contributed by atoms with Crippen LogP contribution in [0.15, 0.2) is 35.3 Å². The molecule has 1 N–H and O–H groups in total. The second-order valence-corrected chi connectivity index (χ2v) is 5.05. The van der Waals surface area contributed by atoms with Crippen LogP contribution in [-0.2, 0) is 0 Å². The summed E-state index contributed by atoms with van der Waals surface area (Å²) in [4.78, 5) is 9.48. The zero-order valence-electron chi connectivity index (χ0n) is 13.1. The third-order valence-corrected chi connectivity index (χ3v) is 3.52. The molecule has 0 aliphatic carbocycles. The van der Waals surface area contributed by atoms with Crippen LogP contribution < -0.4 is 10.2 Å². The number of rotatable bonds is 4. The Morgan fingerprint density at radius 3 is 2.33 bits per heavy atom. The van der Waals surface area contributed by atoms with Crippen LogP contribution in [0.2, 0.25) is 0 Å². The summed E-state index contributed by atoms with van der Waals surface area (Å²) < 4.78 is 0. The summed E-state index contributed by atoms with van der Waals surface area (Å²) in [6, 6.07) is 10.7. The van der Waals surface area contributed by atoms with E-state index in [0.29, 0.717) is 0 Å². The number of anilines is 1. The van der Waals surface area contributed by atoms with Crippen molar-refractivity contribution >= 4 is 35.6 Å². The molecular formula is C16H27IN4. The van der Waals surface area contributed by atoms with E-state index in [-0.39, 0.29) is 24.0 Å². The molecule has 1 fully saturated rings. The van der Waals surface area contributed by atoms with E-state index < -0.39 is 0 Å². The number of piperazine rings is 1. The van der Waals surface area contributed by atoms with Gasteiger partial charge in [-0.05, 0) is 25.5 Å². The van der Waals surface area contributed by atoms with E-state index in [1.165, 1.54) is 5.69 Å². The summed E-state index contributed by atoms with van der Waals surface area (Å²) in [6.45, 7) is 10.3.